The van der Waals surface area contributed by atoms with Crippen LogP contribution in [0.5, 0.6) is 11.5 Å². The number of rotatable bonds is 6. The molecule has 0 atom stereocenters. The number of nitrogens with one attached hydrogen (secondary N) is 2. The second kappa shape index (κ2) is 9.08. The fourth-order valence-electron chi connectivity index (χ4n) is 2.97. The smallest absolute Gasteiger partial charge is 0.256 e. The van der Waals surface area contributed by atoms with Gasteiger partial charge < -0.3 is 25.0 Å². The minimum atomic E-state index is -0.218. The van der Waals surface area contributed by atoms with E-state index in [1.165, 1.54) is 14.2 Å². The molecule has 27 heavy (non-hydrogen) atoms. The van der Waals surface area contributed by atoms with Crippen LogP contribution in [-0.2, 0) is 4.79 Å². The van der Waals surface area contributed by atoms with Crippen LogP contribution in [0.4, 0.5) is 5.69 Å². The van der Waals surface area contributed by atoms with Crippen LogP contribution in [-0.4, -0.2) is 56.1 Å². The molecule has 1 fully saturated rings. The maximum absolute atomic E-state index is 13.0. The Kier molecular flexibility index (Phi) is 7.07. The Hall–Kier alpha value is -2.28. The van der Waals surface area contributed by atoms with Crippen molar-refractivity contribution < 1.29 is 19.1 Å². The van der Waals surface area contributed by atoms with Crippen molar-refractivity contribution in [2.24, 2.45) is 0 Å². The molecule has 2 amide bonds. The highest BCUT2D eigenvalue weighted by Crippen LogP contribution is 2.34. The van der Waals surface area contributed by atoms with Gasteiger partial charge in [-0.1, -0.05) is 0 Å². The number of ether oxygens (including phenoxy) is 2. The van der Waals surface area contributed by atoms with E-state index < -0.39 is 0 Å². The molecule has 7 heteroatoms. The first-order chi connectivity index (χ1) is 12.7. The van der Waals surface area contributed by atoms with Crippen LogP contribution in [0, 0.1) is 0 Å². The van der Waals surface area contributed by atoms with Gasteiger partial charge in [0.25, 0.3) is 5.91 Å². The Morgan fingerprint density at radius 1 is 1.04 bits per heavy atom. The predicted octanol–water partition coefficient (Wildman–Crippen LogP) is 2.66. The van der Waals surface area contributed by atoms with Crippen molar-refractivity contribution in [2.45, 2.75) is 45.6 Å². The van der Waals surface area contributed by atoms with Crippen molar-refractivity contribution in [1.82, 2.24) is 10.2 Å². The molecule has 2 rings (SSSR count). The molecule has 1 aromatic carbocycles. The minimum absolute atomic E-state index is 0.102. The Balaban J connectivity index is 2.29. The van der Waals surface area contributed by atoms with Gasteiger partial charge in [-0.25, -0.2) is 0 Å². The summed E-state index contributed by atoms with van der Waals surface area (Å²) in [5.74, 6) is 0.607. The van der Waals surface area contributed by atoms with Gasteiger partial charge in [0.1, 0.15) is 0 Å². The van der Waals surface area contributed by atoms with Gasteiger partial charge >= 0.3 is 0 Å². The summed E-state index contributed by atoms with van der Waals surface area (Å²) in [6.45, 7) is 7.57. The molecular formula is C20H31N3O4. The molecule has 1 heterocycles. The van der Waals surface area contributed by atoms with Crippen LogP contribution in [0.25, 0.3) is 0 Å². The topological polar surface area (TPSA) is 79.9 Å². The quantitative estimate of drug-likeness (QED) is 0.797. The van der Waals surface area contributed by atoms with Crippen LogP contribution >= 0.6 is 0 Å². The average Bonchev–Trinajstić information content (AvgIpc) is 2.65. The van der Waals surface area contributed by atoms with Crippen molar-refractivity contribution >= 4 is 17.5 Å². The van der Waals surface area contributed by atoms with Gasteiger partial charge in [-0.3, -0.25) is 9.59 Å². The molecule has 1 aliphatic rings. The van der Waals surface area contributed by atoms with Crippen molar-refractivity contribution in [3.8, 4) is 11.5 Å². The van der Waals surface area contributed by atoms with Crippen LogP contribution in [0.3, 0.4) is 0 Å². The summed E-state index contributed by atoms with van der Waals surface area (Å²) in [5, 5.41) is 5.99. The van der Waals surface area contributed by atoms with E-state index in [1.807, 2.05) is 25.7 Å². The number of methoxy groups -OCH3 is 2. The van der Waals surface area contributed by atoms with E-state index in [2.05, 4.69) is 10.6 Å². The number of hydrogen-bond acceptors (Lipinski definition) is 5. The number of likely N-dealkylation sites (tertiary alicyclic amines) is 1. The molecule has 1 aromatic rings. The number of benzene rings is 1. The lowest BCUT2D eigenvalue weighted by Gasteiger charge is -2.28. The fraction of sp³-hybridized carbons (Fsp3) is 0.600. The molecule has 0 spiro atoms. The highest BCUT2D eigenvalue weighted by Gasteiger charge is 2.24. The van der Waals surface area contributed by atoms with Crippen molar-refractivity contribution in [3.63, 3.8) is 0 Å². The van der Waals surface area contributed by atoms with Gasteiger partial charge in [-0.2, -0.15) is 0 Å². The molecule has 2 N–H and O–H groups in total. The van der Waals surface area contributed by atoms with Gasteiger partial charge in [0.15, 0.2) is 11.5 Å². The lowest BCUT2D eigenvalue weighted by atomic mass is 10.1. The largest absolute Gasteiger partial charge is 0.493 e. The average molecular weight is 377 g/mol. The third kappa shape index (κ3) is 5.85. The van der Waals surface area contributed by atoms with Gasteiger partial charge in [0, 0.05) is 24.7 Å². The van der Waals surface area contributed by atoms with E-state index in [0.717, 1.165) is 32.4 Å². The zero-order valence-corrected chi connectivity index (χ0v) is 17.0. The van der Waals surface area contributed by atoms with Gasteiger partial charge in [-0.05, 0) is 46.1 Å². The highest BCUT2D eigenvalue weighted by atomic mass is 16.5. The van der Waals surface area contributed by atoms with E-state index in [4.69, 9.17) is 9.47 Å². The standard InChI is InChI=1S/C20H31N3O4/c1-20(2,3)21-13-18(24)22-15-12-17(27-5)16(26-4)11-14(15)19(25)23-9-7-6-8-10-23/h11-12,21H,6-10,13H2,1-5H3,(H,22,24). The van der Waals surface area contributed by atoms with Crippen LogP contribution in [0.1, 0.15) is 50.4 Å². The molecule has 7 nitrogen and oxygen atoms in total. The zero-order valence-electron chi connectivity index (χ0n) is 17.0. The highest BCUT2D eigenvalue weighted by molar-refractivity contribution is 6.05. The number of carbonyl (C=O) groups excluding carboxylic acids is 2. The fourth-order valence-corrected chi connectivity index (χ4v) is 2.97. The number of carbonyl (C=O) groups is 2. The first-order valence-electron chi connectivity index (χ1n) is 9.35. The molecule has 0 bridgehead atoms. The molecule has 150 valence electrons. The molecule has 0 unspecified atom stereocenters. The van der Waals surface area contributed by atoms with Gasteiger partial charge in [0.05, 0.1) is 32.0 Å². The molecule has 1 saturated heterocycles. The van der Waals surface area contributed by atoms with Crippen LogP contribution in [0.15, 0.2) is 12.1 Å². The summed E-state index contributed by atoms with van der Waals surface area (Å²) in [4.78, 5) is 27.3. The first-order valence-corrected chi connectivity index (χ1v) is 9.35. The van der Waals surface area contributed by atoms with Gasteiger partial charge in [0.2, 0.25) is 5.91 Å². The maximum Gasteiger partial charge on any atom is 0.256 e. The second-order valence-electron chi connectivity index (χ2n) is 7.76. The third-order valence-corrected chi connectivity index (χ3v) is 4.45. The van der Waals surface area contributed by atoms with Crippen molar-refractivity contribution in [1.29, 1.82) is 0 Å². The molecular weight excluding hydrogens is 346 g/mol. The maximum atomic E-state index is 13.0. The molecule has 0 aromatic heterocycles. The van der Waals surface area contributed by atoms with E-state index in [1.54, 1.807) is 12.1 Å². The Morgan fingerprint density at radius 3 is 2.19 bits per heavy atom. The number of nitrogens with zero attached hydrogens (tertiary/aromatic N) is 1. The minimum Gasteiger partial charge on any atom is -0.493 e. The van der Waals surface area contributed by atoms with Crippen molar-refractivity contribution in [3.05, 3.63) is 17.7 Å². The van der Waals surface area contributed by atoms with E-state index in [-0.39, 0.29) is 23.9 Å². The SMILES string of the molecule is COc1cc(NC(=O)CNC(C)(C)C)c(C(=O)N2CCCCC2)cc1OC. The zero-order chi connectivity index (χ0) is 20.0. The Labute approximate surface area is 161 Å². The number of hydrogen-bond donors (Lipinski definition) is 2. The van der Waals surface area contributed by atoms with E-state index in [9.17, 15) is 9.59 Å². The summed E-state index contributed by atoms with van der Waals surface area (Å²) in [7, 11) is 3.05. The van der Waals surface area contributed by atoms with Crippen LogP contribution < -0.4 is 20.1 Å². The molecule has 1 aliphatic heterocycles. The summed E-state index contributed by atoms with van der Waals surface area (Å²) < 4.78 is 10.7. The normalized spacial score (nSPS) is 14.6. The molecule has 0 radical (unpaired) electrons. The monoisotopic (exact) mass is 377 g/mol. The summed E-state index contributed by atoms with van der Waals surface area (Å²) in [6.07, 6.45) is 3.13. The lowest BCUT2D eigenvalue weighted by Crippen LogP contribution is -2.41. The summed E-state index contributed by atoms with van der Waals surface area (Å²) in [5.41, 5.74) is 0.670. The van der Waals surface area contributed by atoms with Crippen LogP contribution in [0.2, 0.25) is 0 Å². The number of anilines is 1. The Morgan fingerprint density at radius 2 is 1.63 bits per heavy atom. The first kappa shape index (κ1) is 21.0. The van der Waals surface area contributed by atoms with Gasteiger partial charge in [-0.15, -0.1) is 0 Å². The summed E-state index contributed by atoms with van der Waals surface area (Å²) >= 11 is 0. The number of piperidine rings is 1. The summed E-state index contributed by atoms with van der Waals surface area (Å²) in [6, 6.07) is 3.29. The third-order valence-electron chi connectivity index (χ3n) is 4.45. The van der Waals surface area contributed by atoms with Crippen molar-refractivity contribution in [2.75, 3.05) is 39.2 Å². The second-order valence-corrected chi connectivity index (χ2v) is 7.76. The predicted molar refractivity (Wildman–Crippen MR) is 106 cm³/mol. The van der Waals surface area contributed by atoms with E-state index in [0.29, 0.717) is 22.7 Å². The number of amides is 2. The Bertz CT molecular complexity index is 677. The lowest BCUT2D eigenvalue weighted by molar-refractivity contribution is -0.115. The molecule has 0 aliphatic carbocycles. The van der Waals surface area contributed by atoms with E-state index >= 15 is 0 Å². The molecule has 0 saturated carbocycles.